The first-order chi connectivity index (χ1) is 6.63. The number of thioether (sulfide) groups is 1. The van der Waals surface area contributed by atoms with Crippen molar-refractivity contribution in [3.63, 3.8) is 0 Å². The second-order valence-corrected chi connectivity index (χ2v) is 5.49. The average molecular weight is 231 g/mol. The molecule has 0 amide bonds. The molecule has 0 aromatic carbocycles. The van der Waals surface area contributed by atoms with Gasteiger partial charge >= 0.3 is 5.97 Å². The lowest BCUT2D eigenvalue weighted by Crippen LogP contribution is -2.01. The van der Waals surface area contributed by atoms with Gasteiger partial charge in [-0.2, -0.15) is 11.8 Å². The van der Waals surface area contributed by atoms with E-state index in [0.717, 1.165) is 10.8 Å². The van der Waals surface area contributed by atoms with E-state index in [1.165, 1.54) is 18.4 Å². The van der Waals surface area contributed by atoms with Crippen molar-refractivity contribution in [2.45, 2.75) is 24.9 Å². The van der Waals surface area contributed by atoms with Gasteiger partial charge in [-0.15, -0.1) is 11.3 Å². The highest BCUT2D eigenvalue weighted by Gasteiger charge is 2.10. The third-order valence-electron chi connectivity index (χ3n) is 1.49. The maximum atomic E-state index is 11.1. The van der Waals surface area contributed by atoms with Crippen LogP contribution >= 0.6 is 23.1 Å². The Morgan fingerprint density at radius 1 is 1.71 bits per heavy atom. The Morgan fingerprint density at radius 3 is 3.00 bits per heavy atom. The maximum absolute atomic E-state index is 11.1. The summed E-state index contributed by atoms with van der Waals surface area (Å²) in [6.07, 6.45) is 0. The lowest BCUT2D eigenvalue weighted by molar-refractivity contribution is 0.0595. The van der Waals surface area contributed by atoms with Gasteiger partial charge in [0.1, 0.15) is 5.01 Å². The van der Waals surface area contributed by atoms with Crippen molar-refractivity contribution >= 4 is 29.1 Å². The van der Waals surface area contributed by atoms with Gasteiger partial charge in [-0.3, -0.25) is 0 Å². The summed E-state index contributed by atoms with van der Waals surface area (Å²) >= 11 is 3.32. The molecule has 1 aromatic heterocycles. The molecular formula is C9H13NO2S2. The van der Waals surface area contributed by atoms with Crippen molar-refractivity contribution in [2.24, 2.45) is 0 Å². The monoisotopic (exact) mass is 231 g/mol. The van der Waals surface area contributed by atoms with Crippen molar-refractivity contribution in [1.29, 1.82) is 0 Å². The summed E-state index contributed by atoms with van der Waals surface area (Å²) in [7, 11) is 1.37. The second kappa shape index (κ2) is 5.36. The number of aromatic nitrogens is 1. The third-order valence-corrected chi connectivity index (χ3v) is 3.62. The minimum Gasteiger partial charge on any atom is -0.464 e. The fraction of sp³-hybridized carbons (Fsp3) is 0.556. The van der Waals surface area contributed by atoms with Crippen LogP contribution in [0.3, 0.4) is 0 Å². The number of ether oxygens (including phenoxy) is 1. The molecule has 78 valence electrons. The van der Waals surface area contributed by atoms with E-state index in [1.54, 1.807) is 5.38 Å². The highest BCUT2D eigenvalue weighted by molar-refractivity contribution is 7.99. The summed E-state index contributed by atoms with van der Waals surface area (Å²) in [5.41, 5.74) is 0.414. The van der Waals surface area contributed by atoms with Gasteiger partial charge in [-0.25, -0.2) is 9.78 Å². The molecule has 0 aliphatic heterocycles. The Morgan fingerprint density at radius 2 is 2.43 bits per heavy atom. The Kier molecular flexibility index (Phi) is 4.41. The summed E-state index contributed by atoms with van der Waals surface area (Å²) in [6.45, 7) is 4.28. The van der Waals surface area contributed by atoms with Crippen molar-refractivity contribution in [3.05, 3.63) is 16.1 Å². The number of carbonyl (C=O) groups is 1. The van der Waals surface area contributed by atoms with Crippen molar-refractivity contribution in [2.75, 3.05) is 7.11 Å². The van der Waals surface area contributed by atoms with Crippen LogP contribution in [0.2, 0.25) is 0 Å². The number of hydrogen-bond donors (Lipinski definition) is 0. The molecule has 1 heterocycles. The normalized spacial score (nSPS) is 10.6. The number of carbonyl (C=O) groups excluding carboxylic acids is 1. The van der Waals surface area contributed by atoms with Crippen LogP contribution in [0.15, 0.2) is 5.38 Å². The van der Waals surface area contributed by atoms with E-state index in [0.29, 0.717) is 10.9 Å². The predicted molar refractivity (Wildman–Crippen MR) is 59.9 cm³/mol. The van der Waals surface area contributed by atoms with E-state index < -0.39 is 0 Å². The SMILES string of the molecule is COC(=O)c1csc(CSC(C)C)n1. The first kappa shape index (κ1) is 11.5. The number of rotatable bonds is 4. The van der Waals surface area contributed by atoms with Crippen LogP contribution < -0.4 is 0 Å². The zero-order chi connectivity index (χ0) is 10.6. The van der Waals surface area contributed by atoms with Crippen LogP contribution in [-0.2, 0) is 10.5 Å². The van der Waals surface area contributed by atoms with Gasteiger partial charge in [0.05, 0.1) is 7.11 Å². The quantitative estimate of drug-likeness (QED) is 0.747. The number of hydrogen-bond acceptors (Lipinski definition) is 5. The van der Waals surface area contributed by atoms with Crippen molar-refractivity contribution < 1.29 is 9.53 Å². The van der Waals surface area contributed by atoms with Crippen LogP contribution in [0.1, 0.15) is 29.3 Å². The Balaban J connectivity index is 2.55. The zero-order valence-electron chi connectivity index (χ0n) is 8.44. The fourth-order valence-corrected chi connectivity index (χ4v) is 2.38. The number of esters is 1. The smallest absolute Gasteiger partial charge is 0.357 e. The van der Waals surface area contributed by atoms with Crippen LogP contribution in [0.25, 0.3) is 0 Å². The number of nitrogens with zero attached hydrogens (tertiary/aromatic N) is 1. The maximum Gasteiger partial charge on any atom is 0.357 e. The van der Waals surface area contributed by atoms with Gasteiger partial charge in [0.2, 0.25) is 0 Å². The van der Waals surface area contributed by atoms with Gasteiger partial charge in [-0.1, -0.05) is 13.8 Å². The molecular weight excluding hydrogens is 218 g/mol. The molecule has 0 unspecified atom stereocenters. The Labute approximate surface area is 91.9 Å². The van der Waals surface area contributed by atoms with Crippen LogP contribution in [0.5, 0.6) is 0 Å². The third kappa shape index (κ3) is 3.31. The molecule has 1 rings (SSSR count). The molecule has 0 N–H and O–H groups in total. The van der Waals surface area contributed by atoms with Crippen molar-refractivity contribution in [3.8, 4) is 0 Å². The van der Waals surface area contributed by atoms with E-state index in [4.69, 9.17) is 0 Å². The summed E-state index contributed by atoms with van der Waals surface area (Å²) in [5, 5.41) is 3.30. The lowest BCUT2D eigenvalue weighted by atomic mass is 10.5. The summed E-state index contributed by atoms with van der Waals surface area (Å²) in [4.78, 5) is 15.3. The summed E-state index contributed by atoms with van der Waals surface area (Å²) < 4.78 is 4.57. The second-order valence-electron chi connectivity index (χ2n) is 2.98. The first-order valence-electron chi connectivity index (χ1n) is 4.27. The average Bonchev–Trinajstić information content (AvgIpc) is 2.62. The summed E-state index contributed by atoms with van der Waals surface area (Å²) in [6, 6.07) is 0. The van der Waals surface area contributed by atoms with E-state index >= 15 is 0 Å². The summed E-state index contributed by atoms with van der Waals surface area (Å²) in [5.74, 6) is 0.501. The molecule has 3 nitrogen and oxygen atoms in total. The molecule has 5 heteroatoms. The van der Waals surface area contributed by atoms with Crippen LogP contribution in [0.4, 0.5) is 0 Å². The van der Waals surface area contributed by atoms with Crippen LogP contribution in [0, 0.1) is 0 Å². The molecule has 0 saturated carbocycles. The molecule has 0 radical (unpaired) electrons. The Bertz CT molecular complexity index is 310. The van der Waals surface area contributed by atoms with E-state index in [1.807, 2.05) is 11.8 Å². The van der Waals surface area contributed by atoms with E-state index in [9.17, 15) is 4.79 Å². The number of thiazole rings is 1. The molecule has 0 aliphatic carbocycles. The van der Waals surface area contributed by atoms with Gasteiger partial charge in [-0.05, 0) is 5.25 Å². The van der Waals surface area contributed by atoms with Crippen molar-refractivity contribution in [1.82, 2.24) is 4.98 Å². The topological polar surface area (TPSA) is 39.2 Å². The van der Waals surface area contributed by atoms with Gasteiger partial charge in [0.25, 0.3) is 0 Å². The highest BCUT2D eigenvalue weighted by atomic mass is 32.2. The highest BCUT2D eigenvalue weighted by Crippen LogP contribution is 2.20. The molecule has 0 fully saturated rings. The molecule has 1 aromatic rings. The fourth-order valence-electron chi connectivity index (χ4n) is 0.813. The van der Waals surface area contributed by atoms with Gasteiger partial charge in [0, 0.05) is 11.1 Å². The molecule has 0 aliphatic rings. The minimum atomic E-state index is -0.359. The molecule has 0 atom stereocenters. The van der Waals surface area contributed by atoms with Crippen LogP contribution in [-0.4, -0.2) is 23.3 Å². The minimum absolute atomic E-state index is 0.359. The number of methoxy groups -OCH3 is 1. The molecule has 14 heavy (non-hydrogen) atoms. The van der Waals surface area contributed by atoms with Gasteiger partial charge in [0.15, 0.2) is 5.69 Å². The molecule has 0 spiro atoms. The zero-order valence-corrected chi connectivity index (χ0v) is 10.1. The van der Waals surface area contributed by atoms with E-state index in [-0.39, 0.29) is 5.97 Å². The predicted octanol–water partition coefficient (Wildman–Crippen LogP) is 2.57. The molecule has 0 bridgehead atoms. The lowest BCUT2D eigenvalue weighted by Gasteiger charge is -2.00. The standard InChI is InChI=1S/C9H13NO2S2/c1-6(2)13-5-8-10-7(4-14-8)9(11)12-3/h4,6H,5H2,1-3H3. The van der Waals surface area contributed by atoms with Gasteiger partial charge < -0.3 is 4.74 Å². The first-order valence-corrected chi connectivity index (χ1v) is 6.20. The molecule has 0 saturated heterocycles. The largest absolute Gasteiger partial charge is 0.464 e. The van der Waals surface area contributed by atoms with E-state index in [2.05, 4.69) is 23.6 Å². The Hall–Kier alpha value is -0.550.